The van der Waals surface area contributed by atoms with Crippen molar-refractivity contribution in [3.8, 4) is 0 Å². The number of rotatable bonds is 5. The van der Waals surface area contributed by atoms with E-state index in [9.17, 15) is 5.11 Å². The van der Waals surface area contributed by atoms with Gasteiger partial charge in [-0.2, -0.15) is 0 Å². The fourth-order valence-electron chi connectivity index (χ4n) is 2.70. The lowest BCUT2D eigenvalue weighted by Crippen LogP contribution is -2.43. The number of likely N-dealkylation sites (N-methyl/N-ethyl adjacent to an activating group) is 1. The summed E-state index contributed by atoms with van der Waals surface area (Å²) in [7, 11) is 2.15. The van der Waals surface area contributed by atoms with Gasteiger partial charge in [0.05, 0.1) is 5.60 Å². The molecule has 0 saturated heterocycles. The SMILES string of the molecule is CCC(CC)N(C)CC1(O)CCCC1. The Bertz CT molecular complexity index is 160. The van der Waals surface area contributed by atoms with Crippen molar-refractivity contribution in [2.24, 2.45) is 0 Å². The highest BCUT2D eigenvalue weighted by atomic mass is 16.3. The summed E-state index contributed by atoms with van der Waals surface area (Å²) in [5.74, 6) is 0. The summed E-state index contributed by atoms with van der Waals surface area (Å²) >= 11 is 0. The average Bonchev–Trinajstić information content (AvgIpc) is 2.54. The Hall–Kier alpha value is -0.0800. The van der Waals surface area contributed by atoms with Gasteiger partial charge in [0.25, 0.3) is 0 Å². The van der Waals surface area contributed by atoms with Gasteiger partial charge in [-0.1, -0.05) is 26.7 Å². The molecule has 1 fully saturated rings. The van der Waals surface area contributed by atoms with Gasteiger partial charge in [-0.05, 0) is 32.7 Å². The minimum absolute atomic E-state index is 0.378. The Labute approximate surface area is 88.3 Å². The van der Waals surface area contributed by atoms with Crippen molar-refractivity contribution in [3.05, 3.63) is 0 Å². The lowest BCUT2D eigenvalue weighted by Gasteiger charge is -2.33. The minimum Gasteiger partial charge on any atom is -0.389 e. The van der Waals surface area contributed by atoms with Crippen molar-refractivity contribution >= 4 is 0 Å². The average molecular weight is 199 g/mol. The van der Waals surface area contributed by atoms with E-state index in [1.54, 1.807) is 0 Å². The molecular weight excluding hydrogens is 174 g/mol. The zero-order valence-electron chi connectivity index (χ0n) is 9.92. The summed E-state index contributed by atoms with van der Waals surface area (Å²) in [5, 5.41) is 10.3. The molecule has 0 radical (unpaired) electrons. The Balaban J connectivity index is 2.41. The summed E-state index contributed by atoms with van der Waals surface area (Å²) in [6, 6.07) is 0.639. The van der Waals surface area contributed by atoms with E-state index >= 15 is 0 Å². The lowest BCUT2D eigenvalue weighted by atomic mass is 10.0. The van der Waals surface area contributed by atoms with Gasteiger partial charge in [0.1, 0.15) is 0 Å². The van der Waals surface area contributed by atoms with Crippen LogP contribution in [0.1, 0.15) is 52.4 Å². The van der Waals surface area contributed by atoms with Gasteiger partial charge in [0, 0.05) is 12.6 Å². The second-order valence-corrected chi connectivity index (χ2v) is 4.82. The van der Waals surface area contributed by atoms with Crippen LogP contribution in [0.15, 0.2) is 0 Å². The maximum atomic E-state index is 10.3. The molecule has 1 aliphatic rings. The first-order chi connectivity index (χ1) is 6.61. The number of hydrogen-bond donors (Lipinski definition) is 1. The van der Waals surface area contributed by atoms with Crippen LogP contribution < -0.4 is 0 Å². The van der Waals surface area contributed by atoms with E-state index in [0.717, 1.165) is 19.4 Å². The molecule has 0 bridgehead atoms. The highest BCUT2D eigenvalue weighted by molar-refractivity contribution is 4.87. The van der Waals surface area contributed by atoms with Crippen molar-refractivity contribution in [1.82, 2.24) is 4.90 Å². The first kappa shape index (κ1) is 12.0. The second kappa shape index (κ2) is 5.13. The third-order valence-electron chi connectivity index (χ3n) is 3.64. The molecule has 0 unspecified atom stereocenters. The third kappa shape index (κ3) is 2.96. The normalized spacial score (nSPS) is 21.0. The van der Waals surface area contributed by atoms with Gasteiger partial charge in [0.15, 0.2) is 0 Å². The quantitative estimate of drug-likeness (QED) is 0.735. The largest absolute Gasteiger partial charge is 0.389 e. The summed E-state index contributed by atoms with van der Waals surface area (Å²) in [6.07, 6.45) is 6.77. The van der Waals surface area contributed by atoms with Crippen LogP contribution in [0.2, 0.25) is 0 Å². The summed E-state index contributed by atoms with van der Waals surface area (Å²) in [4.78, 5) is 2.34. The summed E-state index contributed by atoms with van der Waals surface area (Å²) in [5.41, 5.74) is -0.378. The van der Waals surface area contributed by atoms with Crippen molar-refractivity contribution in [1.29, 1.82) is 0 Å². The van der Waals surface area contributed by atoms with Crippen LogP contribution in [-0.2, 0) is 0 Å². The summed E-state index contributed by atoms with van der Waals surface area (Å²) in [6.45, 7) is 5.31. The molecule has 1 N–H and O–H groups in total. The predicted molar refractivity (Wildman–Crippen MR) is 60.4 cm³/mol. The first-order valence-electron chi connectivity index (χ1n) is 6.04. The van der Waals surface area contributed by atoms with Gasteiger partial charge in [0.2, 0.25) is 0 Å². The Morgan fingerprint density at radius 3 is 2.14 bits per heavy atom. The molecule has 1 aliphatic carbocycles. The van der Waals surface area contributed by atoms with Crippen LogP contribution in [0.25, 0.3) is 0 Å². The van der Waals surface area contributed by atoms with Crippen LogP contribution >= 0.6 is 0 Å². The zero-order chi connectivity index (χ0) is 10.6. The van der Waals surface area contributed by atoms with Gasteiger partial charge < -0.3 is 10.0 Å². The molecule has 84 valence electrons. The minimum atomic E-state index is -0.378. The number of aliphatic hydroxyl groups is 1. The van der Waals surface area contributed by atoms with Gasteiger partial charge in [-0.15, -0.1) is 0 Å². The van der Waals surface area contributed by atoms with Crippen LogP contribution in [0.5, 0.6) is 0 Å². The molecule has 0 atom stereocenters. The second-order valence-electron chi connectivity index (χ2n) is 4.82. The zero-order valence-corrected chi connectivity index (χ0v) is 9.92. The Kier molecular flexibility index (Phi) is 4.39. The van der Waals surface area contributed by atoms with E-state index in [2.05, 4.69) is 25.8 Å². The van der Waals surface area contributed by atoms with Gasteiger partial charge in [-0.3, -0.25) is 0 Å². The highest BCUT2D eigenvalue weighted by Gasteiger charge is 2.33. The molecule has 0 aromatic heterocycles. The van der Waals surface area contributed by atoms with Crippen molar-refractivity contribution in [2.45, 2.75) is 64.0 Å². The highest BCUT2D eigenvalue weighted by Crippen LogP contribution is 2.30. The topological polar surface area (TPSA) is 23.5 Å². The fourth-order valence-corrected chi connectivity index (χ4v) is 2.70. The van der Waals surface area contributed by atoms with Crippen molar-refractivity contribution in [2.75, 3.05) is 13.6 Å². The molecule has 2 heteroatoms. The van der Waals surface area contributed by atoms with E-state index in [4.69, 9.17) is 0 Å². The first-order valence-corrected chi connectivity index (χ1v) is 6.04. The van der Waals surface area contributed by atoms with Crippen LogP contribution in [-0.4, -0.2) is 35.2 Å². The number of hydrogen-bond acceptors (Lipinski definition) is 2. The number of nitrogens with zero attached hydrogens (tertiary/aromatic N) is 1. The summed E-state index contributed by atoms with van der Waals surface area (Å²) < 4.78 is 0. The van der Waals surface area contributed by atoms with E-state index in [1.165, 1.54) is 25.7 Å². The van der Waals surface area contributed by atoms with Crippen molar-refractivity contribution < 1.29 is 5.11 Å². The van der Waals surface area contributed by atoms with E-state index < -0.39 is 0 Å². The standard InChI is InChI=1S/C12H25NO/c1-4-11(5-2)13(3)10-12(14)8-6-7-9-12/h11,14H,4-10H2,1-3H3. The van der Waals surface area contributed by atoms with E-state index in [-0.39, 0.29) is 5.60 Å². The van der Waals surface area contributed by atoms with Crippen LogP contribution in [0.3, 0.4) is 0 Å². The molecule has 1 rings (SSSR count). The molecule has 0 spiro atoms. The predicted octanol–water partition coefficient (Wildman–Crippen LogP) is 2.41. The molecule has 0 aromatic carbocycles. The van der Waals surface area contributed by atoms with Gasteiger partial charge in [-0.25, -0.2) is 0 Å². The molecule has 1 saturated carbocycles. The fraction of sp³-hybridized carbons (Fsp3) is 1.00. The smallest absolute Gasteiger partial charge is 0.0774 e. The van der Waals surface area contributed by atoms with Crippen molar-refractivity contribution in [3.63, 3.8) is 0 Å². The molecular formula is C12H25NO. The molecule has 0 heterocycles. The maximum absolute atomic E-state index is 10.3. The molecule has 2 nitrogen and oxygen atoms in total. The molecule has 0 amide bonds. The molecule has 14 heavy (non-hydrogen) atoms. The monoisotopic (exact) mass is 199 g/mol. The van der Waals surface area contributed by atoms with Crippen LogP contribution in [0.4, 0.5) is 0 Å². The molecule has 0 aromatic rings. The Morgan fingerprint density at radius 2 is 1.71 bits per heavy atom. The van der Waals surface area contributed by atoms with E-state index in [1.807, 2.05) is 0 Å². The Morgan fingerprint density at radius 1 is 1.21 bits per heavy atom. The van der Waals surface area contributed by atoms with Crippen LogP contribution in [0, 0.1) is 0 Å². The third-order valence-corrected chi connectivity index (χ3v) is 3.64. The van der Waals surface area contributed by atoms with Gasteiger partial charge >= 0.3 is 0 Å². The molecule has 0 aliphatic heterocycles. The lowest BCUT2D eigenvalue weighted by molar-refractivity contribution is 0.00436. The van der Waals surface area contributed by atoms with E-state index in [0.29, 0.717) is 6.04 Å². The maximum Gasteiger partial charge on any atom is 0.0774 e.